The third kappa shape index (κ3) is 4.81. The number of ether oxygens (including phenoxy) is 2. The molecule has 0 unspecified atom stereocenters. The Morgan fingerprint density at radius 1 is 1.18 bits per heavy atom. The number of halogens is 2. The lowest BCUT2D eigenvalue weighted by Crippen LogP contribution is -2.06. The molecule has 0 spiro atoms. The summed E-state index contributed by atoms with van der Waals surface area (Å²) < 4.78 is 12.4. The van der Waals surface area contributed by atoms with Crippen molar-refractivity contribution in [3.63, 3.8) is 0 Å². The molecule has 1 aromatic heterocycles. The second-order valence-corrected chi connectivity index (χ2v) is 7.76. The van der Waals surface area contributed by atoms with E-state index in [2.05, 4.69) is 4.57 Å². The van der Waals surface area contributed by atoms with Crippen LogP contribution in [0.3, 0.4) is 0 Å². The van der Waals surface area contributed by atoms with E-state index in [1.165, 1.54) is 0 Å². The summed E-state index contributed by atoms with van der Waals surface area (Å²) >= 11 is 13.7. The highest BCUT2D eigenvalue weighted by molar-refractivity contribution is 7.98. The maximum absolute atomic E-state index is 12.0. The number of fused-ring (bicyclic) bond motifs is 1. The van der Waals surface area contributed by atoms with E-state index >= 15 is 0 Å². The van der Waals surface area contributed by atoms with E-state index in [0.29, 0.717) is 41.1 Å². The fourth-order valence-electron chi connectivity index (χ4n) is 2.74. The molecule has 0 atom stereocenters. The van der Waals surface area contributed by atoms with E-state index in [-0.39, 0.29) is 5.97 Å². The lowest BCUT2D eigenvalue weighted by molar-refractivity contribution is 0.0526. The molecule has 0 saturated carbocycles. The predicted octanol–water partition coefficient (Wildman–Crippen LogP) is 5.46. The smallest absolute Gasteiger partial charge is 0.338 e. The molecule has 8 heteroatoms. The first kappa shape index (κ1) is 21.0. The molecule has 0 N–H and O–H groups in total. The monoisotopic (exact) mass is 438 g/mol. The number of hydrogen-bond acceptors (Lipinski definition) is 5. The van der Waals surface area contributed by atoms with Crippen LogP contribution in [0.5, 0.6) is 0 Å². The molecule has 28 heavy (non-hydrogen) atoms. The van der Waals surface area contributed by atoms with Crippen molar-refractivity contribution in [2.45, 2.75) is 24.4 Å². The molecule has 0 fully saturated rings. The number of carbonyl (C=O) groups excluding carboxylic acids is 1. The van der Waals surface area contributed by atoms with Crippen molar-refractivity contribution >= 4 is 52.0 Å². The molecule has 0 aliphatic carbocycles. The SMILES string of the molecule is CCOC(=O)c1ccc2c(c1)nc(SCc1ccc(Cl)c(Cl)c1)n2CCOC. The van der Waals surface area contributed by atoms with Crippen LogP contribution < -0.4 is 0 Å². The van der Waals surface area contributed by atoms with Crippen LogP contribution in [0.25, 0.3) is 11.0 Å². The average molecular weight is 439 g/mol. The highest BCUT2D eigenvalue weighted by Crippen LogP contribution is 2.30. The number of imidazole rings is 1. The minimum absolute atomic E-state index is 0.337. The van der Waals surface area contributed by atoms with Gasteiger partial charge in [-0.15, -0.1) is 0 Å². The van der Waals surface area contributed by atoms with Gasteiger partial charge in [0.1, 0.15) is 0 Å². The van der Waals surface area contributed by atoms with Gasteiger partial charge >= 0.3 is 5.97 Å². The average Bonchev–Trinajstić information content (AvgIpc) is 3.04. The molecule has 0 aliphatic rings. The van der Waals surface area contributed by atoms with Crippen molar-refractivity contribution < 1.29 is 14.3 Å². The number of nitrogens with zero attached hydrogens (tertiary/aromatic N) is 2. The molecule has 2 aromatic carbocycles. The fourth-order valence-corrected chi connectivity index (χ4v) is 4.04. The number of thioether (sulfide) groups is 1. The number of carbonyl (C=O) groups is 1. The minimum atomic E-state index is -0.346. The van der Waals surface area contributed by atoms with Crippen LogP contribution in [0.1, 0.15) is 22.8 Å². The van der Waals surface area contributed by atoms with Gasteiger partial charge in [0.25, 0.3) is 0 Å². The summed E-state index contributed by atoms with van der Waals surface area (Å²) in [5.41, 5.74) is 3.24. The Labute approximate surface area is 177 Å². The van der Waals surface area contributed by atoms with Crippen LogP contribution in [0.4, 0.5) is 0 Å². The van der Waals surface area contributed by atoms with Crippen LogP contribution in [0, 0.1) is 0 Å². The Bertz CT molecular complexity index is 991. The van der Waals surface area contributed by atoms with Gasteiger partial charge in [-0.3, -0.25) is 0 Å². The predicted molar refractivity (Wildman–Crippen MR) is 114 cm³/mol. The zero-order chi connectivity index (χ0) is 20.1. The van der Waals surface area contributed by atoms with Gasteiger partial charge in [0.2, 0.25) is 0 Å². The Kier molecular flexibility index (Phi) is 7.24. The molecule has 0 aliphatic heterocycles. The van der Waals surface area contributed by atoms with Gasteiger partial charge in [0, 0.05) is 19.4 Å². The van der Waals surface area contributed by atoms with Crippen molar-refractivity contribution in [2.24, 2.45) is 0 Å². The first-order chi connectivity index (χ1) is 13.5. The first-order valence-electron chi connectivity index (χ1n) is 8.76. The lowest BCUT2D eigenvalue weighted by Gasteiger charge is -2.09. The summed E-state index contributed by atoms with van der Waals surface area (Å²) in [7, 11) is 1.67. The second kappa shape index (κ2) is 9.65. The van der Waals surface area contributed by atoms with Crippen molar-refractivity contribution in [3.05, 3.63) is 57.6 Å². The quantitative estimate of drug-likeness (QED) is 0.345. The lowest BCUT2D eigenvalue weighted by atomic mass is 10.2. The number of rotatable bonds is 8. The van der Waals surface area contributed by atoms with Gasteiger partial charge in [-0.1, -0.05) is 41.0 Å². The van der Waals surface area contributed by atoms with Gasteiger partial charge in [-0.2, -0.15) is 0 Å². The fraction of sp³-hybridized carbons (Fsp3) is 0.300. The van der Waals surface area contributed by atoms with Gasteiger partial charge in [0.05, 0.1) is 39.9 Å². The van der Waals surface area contributed by atoms with E-state index in [0.717, 1.165) is 21.8 Å². The number of aromatic nitrogens is 2. The molecular weight excluding hydrogens is 419 g/mol. The molecule has 3 rings (SSSR count). The Hall–Kier alpha value is -1.73. The van der Waals surface area contributed by atoms with Crippen LogP contribution in [-0.2, 0) is 21.8 Å². The summed E-state index contributed by atoms with van der Waals surface area (Å²) in [4.78, 5) is 16.7. The van der Waals surface area contributed by atoms with E-state index in [1.807, 2.05) is 18.2 Å². The molecule has 0 amide bonds. The molecule has 3 aromatic rings. The second-order valence-electron chi connectivity index (χ2n) is 6.00. The molecule has 0 saturated heterocycles. The van der Waals surface area contributed by atoms with Crippen LogP contribution >= 0.6 is 35.0 Å². The van der Waals surface area contributed by atoms with Crippen LogP contribution in [0.2, 0.25) is 10.0 Å². The summed E-state index contributed by atoms with van der Waals surface area (Å²) in [5.74, 6) is 0.346. The highest BCUT2D eigenvalue weighted by Gasteiger charge is 2.15. The third-order valence-electron chi connectivity index (χ3n) is 4.10. The molecule has 0 radical (unpaired) electrons. The van der Waals surface area contributed by atoms with Crippen molar-refractivity contribution in [3.8, 4) is 0 Å². The van der Waals surface area contributed by atoms with Gasteiger partial charge in [0.15, 0.2) is 5.16 Å². The summed E-state index contributed by atoms with van der Waals surface area (Å²) in [6.45, 7) is 3.35. The topological polar surface area (TPSA) is 53.3 Å². The van der Waals surface area contributed by atoms with E-state index in [1.54, 1.807) is 44.0 Å². The van der Waals surface area contributed by atoms with E-state index < -0.39 is 0 Å². The van der Waals surface area contributed by atoms with Crippen molar-refractivity contribution in [2.75, 3.05) is 20.3 Å². The van der Waals surface area contributed by atoms with Gasteiger partial charge in [-0.25, -0.2) is 9.78 Å². The minimum Gasteiger partial charge on any atom is -0.462 e. The Morgan fingerprint density at radius 2 is 2.00 bits per heavy atom. The molecule has 0 bridgehead atoms. The van der Waals surface area contributed by atoms with E-state index in [4.69, 9.17) is 37.7 Å². The normalized spacial score (nSPS) is 11.1. The third-order valence-corrected chi connectivity index (χ3v) is 5.88. The standard InChI is InChI=1S/C20H20Cl2N2O3S/c1-3-27-19(25)14-5-7-18-17(11-14)23-20(24(18)8-9-26-2)28-12-13-4-6-15(21)16(22)10-13/h4-7,10-11H,3,8-9,12H2,1-2H3. The zero-order valence-corrected chi connectivity index (χ0v) is 17.9. The van der Waals surface area contributed by atoms with Crippen LogP contribution in [0.15, 0.2) is 41.6 Å². The van der Waals surface area contributed by atoms with Crippen LogP contribution in [-0.4, -0.2) is 35.8 Å². The summed E-state index contributed by atoms with van der Waals surface area (Å²) in [6.07, 6.45) is 0. The number of hydrogen-bond donors (Lipinski definition) is 0. The van der Waals surface area contributed by atoms with Gasteiger partial charge in [-0.05, 0) is 42.8 Å². The Balaban J connectivity index is 1.90. The van der Waals surface area contributed by atoms with Crippen molar-refractivity contribution in [1.82, 2.24) is 9.55 Å². The van der Waals surface area contributed by atoms with E-state index in [9.17, 15) is 4.79 Å². The maximum Gasteiger partial charge on any atom is 0.338 e. The molecular formula is C20H20Cl2N2O3S. The summed E-state index contributed by atoms with van der Waals surface area (Å²) in [6, 6.07) is 11.0. The van der Waals surface area contributed by atoms with Crippen molar-refractivity contribution in [1.29, 1.82) is 0 Å². The number of esters is 1. The molecule has 148 valence electrons. The maximum atomic E-state index is 12.0. The largest absolute Gasteiger partial charge is 0.462 e. The molecule has 5 nitrogen and oxygen atoms in total. The first-order valence-corrected chi connectivity index (χ1v) is 10.5. The molecule has 1 heterocycles. The summed E-state index contributed by atoms with van der Waals surface area (Å²) in [5, 5.41) is 1.92. The van der Waals surface area contributed by atoms with Gasteiger partial charge < -0.3 is 14.0 Å². The number of methoxy groups -OCH3 is 1. The Morgan fingerprint density at radius 3 is 2.71 bits per heavy atom. The number of benzene rings is 2. The highest BCUT2D eigenvalue weighted by atomic mass is 35.5. The zero-order valence-electron chi connectivity index (χ0n) is 15.6.